The number of hydrogen-bond acceptors (Lipinski definition) is 5. The summed E-state index contributed by atoms with van der Waals surface area (Å²) in [6.07, 6.45) is 0.668. The number of hydrogen-bond donors (Lipinski definition) is 3. The van der Waals surface area contributed by atoms with E-state index in [-0.39, 0.29) is 17.5 Å². The zero-order valence-electron chi connectivity index (χ0n) is 14.5. The summed E-state index contributed by atoms with van der Waals surface area (Å²) in [6.45, 7) is 2.67. The molecule has 1 aliphatic rings. The van der Waals surface area contributed by atoms with E-state index >= 15 is 0 Å². The van der Waals surface area contributed by atoms with Gasteiger partial charge in [-0.25, -0.2) is 0 Å². The van der Waals surface area contributed by atoms with Crippen LogP contribution in [0.1, 0.15) is 45.2 Å². The van der Waals surface area contributed by atoms with Crippen LogP contribution in [0.2, 0.25) is 0 Å². The van der Waals surface area contributed by atoms with Crippen molar-refractivity contribution in [2.45, 2.75) is 19.4 Å². The lowest BCUT2D eigenvalue weighted by Gasteiger charge is -2.20. The van der Waals surface area contributed by atoms with Gasteiger partial charge < -0.3 is 16.4 Å². The Kier molecular flexibility index (Phi) is 5.14. The van der Waals surface area contributed by atoms with E-state index in [0.717, 1.165) is 0 Å². The smallest absolute Gasteiger partial charge is 0.236 e. The minimum atomic E-state index is -0.534. The molecule has 6 heteroatoms. The fourth-order valence-corrected chi connectivity index (χ4v) is 2.98. The standard InChI is InChI=1S/C20H21N3O3/c1-12(21)20(26)23-11-5-10-22-16-9-4-8-15-17(16)19(25)14-7-3-2-6-13(14)18(15)24/h2-4,6-9,12,22H,5,10-11,21H2,1H3,(H,23,26)/t12-/m1/s1. The van der Waals surface area contributed by atoms with Gasteiger partial charge in [-0.15, -0.1) is 0 Å². The summed E-state index contributed by atoms with van der Waals surface area (Å²) in [6, 6.07) is 11.6. The Labute approximate surface area is 151 Å². The number of fused-ring (bicyclic) bond motifs is 2. The SMILES string of the molecule is C[C@@H](N)C(=O)NCCCNc1cccc2c1C(=O)c1ccccc1C2=O. The fourth-order valence-electron chi connectivity index (χ4n) is 2.98. The number of carbonyl (C=O) groups is 3. The summed E-state index contributed by atoms with van der Waals surface area (Å²) < 4.78 is 0. The van der Waals surface area contributed by atoms with Gasteiger partial charge in [-0.1, -0.05) is 36.4 Å². The summed E-state index contributed by atoms with van der Waals surface area (Å²) in [5.74, 6) is -0.480. The van der Waals surface area contributed by atoms with Crippen molar-refractivity contribution in [1.82, 2.24) is 5.32 Å². The normalized spacial score (nSPS) is 13.6. The fraction of sp³-hybridized carbons (Fsp3) is 0.250. The third kappa shape index (κ3) is 3.36. The van der Waals surface area contributed by atoms with E-state index in [1.807, 2.05) is 0 Å². The molecule has 0 fully saturated rings. The Balaban J connectivity index is 1.72. The van der Waals surface area contributed by atoms with Crippen LogP contribution in [0.4, 0.5) is 5.69 Å². The number of anilines is 1. The Hall–Kier alpha value is -2.99. The predicted octanol–water partition coefficient (Wildman–Crippen LogP) is 1.73. The molecule has 0 unspecified atom stereocenters. The van der Waals surface area contributed by atoms with E-state index in [2.05, 4.69) is 10.6 Å². The summed E-state index contributed by atoms with van der Waals surface area (Å²) in [5, 5.41) is 5.94. The second kappa shape index (κ2) is 7.49. The Morgan fingerprint density at radius 1 is 0.962 bits per heavy atom. The molecule has 3 rings (SSSR count). The molecular formula is C20H21N3O3. The van der Waals surface area contributed by atoms with Crippen LogP contribution in [0.15, 0.2) is 42.5 Å². The number of carbonyl (C=O) groups excluding carboxylic acids is 3. The molecule has 0 aliphatic heterocycles. The predicted molar refractivity (Wildman–Crippen MR) is 99.5 cm³/mol. The van der Waals surface area contributed by atoms with Gasteiger partial charge in [0.25, 0.3) is 0 Å². The largest absolute Gasteiger partial charge is 0.384 e. The van der Waals surface area contributed by atoms with E-state index in [1.165, 1.54) is 0 Å². The van der Waals surface area contributed by atoms with Crippen molar-refractivity contribution in [3.05, 3.63) is 64.7 Å². The quantitative estimate of drug-likeness (QED) is 0.587. The Morgan fingerprint density at radius 3 is 2.31 bits per heavy atom. The first-order chi connectivity index (χ1) is 12.5. The molecule has 0 heterocycles. The van der Waals surface area contributed by atoms with E-state index in [4.69, 9.17) is 5.73 Å². The van der Waals surface area contributed by atoms with Crippen molar-refractivity contribution in [2.24, 2.45) is 5.73 Å². The van der Waals surface area contributed by atoms with Crippen LogP contribution < -0.4 is 16.4 Å². The summed E-state index contributed by atoms with van der Waals surface area (Å²) >= 11 is 0. The molecule has 2 aromatic rings. The molecular weight excluding hydrogens is 330 g/mol. The third-order valence-electron chi connectivity index (χ3n) is 4.33. The zero-order chi connectivity index (χ0) is 18.7. The van der Waals surface area contributed by atoms with E-state index in [1.54, 1.807) is 49.4 Å². The average Bonchev–Trinajstić information content (AvgIpc) is 2.65. The van der Waals surface area contributed by atoms with Crippen molar-refractivity contribution in [2.75, 3.05) is 18.4 Å². The lowest BCUT2D eigenvalue weighted by molar-refractivity contribution is -0.121. The number of benzene rings is 2. The molecule has 0 saturated heterocycles. The van der Waals surface area contributed by atoms with Gasteiger partial charge in [0, 0.05) is 35.5 Å². The number of rotatable bonds is 6. The van der Waals surface area contributed by atoms with Crippen LogP contribution >= 0.6 is 0 Å². The average molecular weight is 351 g/mol. The van der Waals surface area contributed by atoms with Crippen molar-refractivity contribution in [3.8, 4) is 0 Å². The molecule has 134 valence electrons. The van der Waals surface area contributed by atoms with Crippen molar-refractivity contribution in [3.63, 3.8) is 0 Å². The van der Waals surface area contributed by atoms with Gasteiger partial charge in [0.15, 0.2) is 11.6 Å². The van der Waals surface area contributed by atoms with Crippen LogP contribution in [0, 0.1) is 0 Å². The Morgan fingerprint density at radius 2 is 1.62 bits per heavy atom. The maximum absolute atomic E-state index is 12.9. The highest BCUT2D eigenvalue weighted by Gasteiger charge is 2.31. The van der Waals surface area contributed by atoms with Gasteiger partial charge in [-0.3, -0.25) is 14.4 Å². The highest BCUT2D eigenvalue weighted by molar-refractivity contribution is 6.30. The molecule has 0 aromatic heterocycles. The molecule has 1 amide bonds. The van der Waals surface area contributed by atoms with Crippen LogP contribution in [0.5, 0.6) is 0 Å². The first kappa shape index (κ1) is 17.8. The lowest BCUT2D eigenvalue weighted by atomic mass is 9.83. The first-order valence-electron chi connectivity index (χ1n) is 8.59. The Bertz CT molecular complexity index is 874. The summed E-state index contributed by atoms with van der Waals surface area (Å²) in [7, 11) is 0. The molecule has 4 N–H and O–H groups in total. The van der Waals surface area contributed by atoms with E-state index in [0.29, 0.717) is 47.5 Å². The van der Waals surface area contributed by atoms with Gasteiger partial charge in [0.2, 0.25) is 5.91 Å². The number of ketones is 2. The minimum Gasteiger partial charge on any atom is -0.384 e. The van der Waals surface area contributed by atoms with Gasteiger partial charge in [0.1, 0.15) is 0 Å². The van der Waals surface area contributed by atoms with E-state index < -0.39 is 6.04 Å². The van der Waals surface area contributed by atoms with Gasteiger partial charge >= 0.3 is 0 Å². The second-order valence-corrected chi connectivity index (χ2v) is 6.29. The van der Waals surface area contributed by atoms with Crippen LogP contribution in [0.25, 0.3) is 0 Å². The molecule has 0 saturated carbocycles. The topological polar surface area (TPSA) is 101 Å². The molecule has 0 bridgehead atoms. The summed E-state index contributed by atoms with van der Waals surface area (Å²) in [5.41, 5.74) is 7.83. The number of amides is 1. The van der Waals surface area contributed by atoms with Crippen LogP contribution in [-0.4, -0.2) is 36.6 Å². The monoisotopic (exact) mass is 351 g/mol. The van der Waals surface area contributed by atoms with Gasteiger partial charge in [-0.05, 0) is 19.4 Å². The van der Waals surface area contributed by atoms with Crippen molar-refractivity contribution in [1.29, 1.82) is 0 Å². The number of nitrogens with two attached hydrogens (primary N) is 1. The van der Waals surface area contributed by atoms with Gasteiger partial charge in [-0.2, -0.15) is 0 Å². The molecule has 0 radical (unpaired) electrons. The highest BCUT2D eigenvalue weighted by atomic mass is 16.2. The van der Waals surface area contributed by atoms with E-state index in [9.17, 15) is 14.4 Å². The van der Waals surface area contributed by atoms with Crippen molar-refractivity contribution >= 4 is 23.2 Å². The molecule has 1 atom stereocenters. The number of nitrogens with one attached hydrogen (secondary N) is 2. The van der Waals surface area contributed by atoms with Gasteiger partial charge in [0.05, 0.1) is 11.6 Å². The molecule has 1 aliphatic carbocycles. The maximum atomic E-state index is 12.9. The van der Waals surface area contributed by atoms with Crippen LogP contribution in [-0.2, 0) is 4.79 Å². The third-order valence-corrected chi connectivity index (χ3v) is 4.33. The maximum Gasteiger partial charge on any atom is 0.236 e. The zero-order valence-corrected chi connectivity index (χ0v) is 14.5. The lowest BCUT2D eigenvalue weighted by Crippen LogP contribution is -2.39. The summed E-state index contributed by atoms with van der Waals surface area (Å²) in [4.78, 5) is 37.0. The van der Waals surface area contributed by atoms with Crippen molar-refractivity contribution < 1.29 is 14.4 Å². The molecule has 26 heavy (non-hydrogen) atoms. The second-order valence-electron chi connectivity index (χ2n) is 6.29. The molecule has 2 aromatic carbocycles. The minimum absolute atomic E-state index is 0.136. The first-order valence-corrected chi connectivity index (χ1v) is 8.59. The molecule has 0 spiro atoms. The molecule has 6 nitrogen and oxygen atoms in total. The highest BCUT2D eigenvalue weighted by Crippen LogP contribution is 2.31. The van der Waals surface area contributed by atoms with Crippen LogP contribution in [0.3, 0.4) is 0 Å².